The van der Waals surface area contributed by atoms with Gasteiger partial charge in [0.15, 0.2) is 0 Å². The first kappa shape index (κ1) is 12.9. The maximum Gasteiger partial charge on any atom is 0.222 e. The average molecular weight is 246 g/mol. The minimum absolute atomic E-state index is 0.276. The molecule has 0 aliphatic carbocycles. The number of benzene rings is 1. The van der Waals surface area contributed by atoms with Crippen molar-refractivity contribution in [1.29, 1.82) is 0 Å². The van der Waals surface area contributed by atoms with Gasteiger partial charge in [0.05, 0.1) is 0 Å². The summed E-state index contributed by atoms with van der Waals surface area (Å²) in [6.07, 6.45) is 1.68. The summed E-state index contributed by atoms with van der Waals surface area (Å²) in [6.45, 7) is 7.72. The zero-order valence-electron chi connectivity index (χ0n) is 11.4. The summed E-state index contributed by atoms with van der Waals surface area (Å²) >= 11 is 0. The Balaban J connectivity index is 2.03. The number of piperazine rings is 1. The fourth-order valence-corrected chi connectivity index (χ4v) is 2.54. The molecule has 18 heavy (non-hydrogen) atoms. The number of carbonyl (C=O) groups is 1. The lowest BCUT2D eigenvalue weighted by Crippen LogP contribution is -2.48. The van der Waals surface area contributed by atoms with E-state index in [0.29, 0.717) is 6.42 Å². The van der Waals surface area contributed by atoms with Gasteiger partial charge in [0, 0.05) is 38.3 Å². The van der Waals surface area contributed by atoms with E-state index in [1.54, 1.807) is 0 Å². The Morgan fingerprint density at radius 1 is 1.11 bits per heavy atom. The first-order valence-electron chi connectivity index (χ1n) is 6.86. The second kappa shape index (κ2) is 5.89. The molecule has 0 radical (unpaired) electrons. The fourth-order valence-electron chi connectivity index (χ4n) is 2.54. The number of rotatable bonds is 3. The van der Waals surface area contributed by atoms with E-state index in [1.807, 2.05) is 11.8 Å². The predicted molar refractivity (Wildman–Crippen MR) is 74.9 cm³/mol. The van der Waals surface area contributed by atoms with Gasteiger partial charge < -0.3 is 9.80 Å². The third kappa shape index (κ3) is 2.66. The molecule has 0 spiro atoms. The van der Waals surface area contributed by atoms with E-state index in [4.69, 9.17) is 0 Å². The summed E-state index contributed by atoms with van der Waals surface area (Å²) in [6, 6.07) is 8.58. The van der Waals surface area contributed by atoms with Gasteiger partial charge in [-0.1, -0.05) is 32.0 Å². The Labute approximate surface area is 109 Å². The van der Waals surface area contributed by atoms with Crippen molar-refractivity contribution in [3.8, 4) is 0 Å². The second-order valence-corrected chi connectivity index (χ2v) is 4.70. The van der Waals surface area contributed by atoms with E-state index in [-0.39, 0.29) is 5.91 Å². The van der Waals surface area contributed by atoms with Gasteiger partial charge in [-0.05, 0) is 18.1 Å². The summed E-state index contributed by atoms with van der Waals surface area (Å²) in [5.41, 5.74) is 2.73. The minimum Gasteiger partial charge on any atom is -0.368 e. The smallest absolute Gasteiger partial charge is 0.222 e. The highest BCUT2D eigenvalue weighted by atomic mass is 16.2. The molecule has 1 amide bonds. The normalized spacial score (nSPS) is 15.9. The summed E-state index contributed by atoms with van der Waals surface area (Å²) in [5, 5.41) is 0. The molecule has 0 bridgehead atoms. The summed E-state index contributed by atoms with van der Waals surface area (Å²) < 4.78 is 0. The van der Waals surface area contributed by atoms with Crippen LogP contribution in [0.5, 0.6) is 0 Å². The second-order valence-electron chi connectivity index (χ2n) is 4.70. The first-order chi connectivity index (χ1) is 8.76. The van der Waals surface area contributed by atoms with E-state index in [0.717, 1.165) is 32.6 Å². The van der Waals surface area contributed by atoms with Gasteiger partial charge in [-0.3, -0.25) is 4.79 Å². The average Bonchev–Trinajstić information content (AvgIpc) is 2.46. The monoisotopic (exact) mass is 246 g/mol. The molecule has 1 fully saturated rings. The van der Waals surface area contributed by atoms with Gasteiger partial charge in [-0.15, -0.1) is 0 Å². The fraction of sp³-hybridized carbons (Fsp3) is 0.533. The Bertz CT molecular complexity index is 409. The number of nitrogens with zero attached hydrogens (tertiary/aromatic N) is 2. The van der Waals surface area contributed by atoms with Crippen molar-refractivity contribution < 1.29 is 4.79 Å². The highest BCUT2D eigenvalue weighted by Gasteiger charge is 2.20. The van der Waals surface area contributed by atoms with Crippen molar-refractivity contribution >= 4 is 11.6 Å². The quantitative estimate of drug-likeness (QED) is 0.817. The maximum atomic E-state index is 11.6. The number of hydrogen-bond donors (Lipinski definition) is 0. The van der Waals surface area contributed by atoms with E-state index < -0.39 is 0 Å². The summed E-state index contributed by atoms with van der Waals surface area (Å²) in [7, 11) is 0. The van der Waals surface area contributed by atoms with Crippen LogP contribution in [0.15, 0.2) is 24.3 Å². The molecule has 1 saturated heterocycles. The third-order valence-corrected chi connectivity index (χ3v) is 3.65. The number of hydrogen-bond acceptors (Lipinski definition) is 2. The zero-order chi connectivity index (χ0) is 13.0. The van der Waals surface area contributed by atoms with E-state index >= 15 is 0 Å². The minimum atomic E-state index is 0.276. The van der Waals surface area contributed by atoms with Crippen LogP contribution < -0.4 is 4.90 Å². The first-order valence-corrected chi connectivity index (χ1v) is 6.86. The molecule has 0 saturated carbocycles. The lowest BCUT2D eigenvalue weighted by molar-refractivity contribution is -0.131. The Kier molecular flexibility index (Phi) is 4.24. The van der Waals surface area contributed by atoms with Crippen LogP contribution in [-0.2, 0) is 11.2 Å². The van der Waals surface area contributed by atoms with Crippen LogP contribution in [0.4, 0.5) is 5.69 Å². The Morgan fingerprint density at radius 2 is 1.78 bits per heavy atom. The summed E-state index contributed by atoms with van der Waals surface area (Å²) in [4.78, 5) is 16.0. The van der Waals surface area contributed by atoms with Crippen molar-refractivity contribution in [2.45, 2.75) is 26.7 Å². The molecule has 1 aromatic rings. The van der Waals surface area contributed by atoms with Gasteiger partial charge in [0.25, 0.3) is 0 Å². The van der Waals surface area contributed by atoms with Crippen LogP contribution in [0, 0.1) is 0 Å². The van der Waals surface area contributed by atoms with E-state index in [1.165, 1.54) is 11.3 Å². The van der Waals surface area contributed by atoms with Gasteiger partial charge >= 0.3 is 0 Å². The third-order valence-electron chi connectivity index (χ3n) is 3.65. The molecule has 1 heterocycles. The van der Waals surface area contributed by atoms with E-state index in [2.05, 4.69) is 36.1 Å². The molecule has 2 rings (SSSR count). The van der Waals surface area contributed by atoms with Crippen molar-refractivity contribution in [2.24, 2.45) is 0 Å². The van der Waals surface area contributed by atoms with Crippen molar-refractivity contribution in [1.82, 2.24) is 4.90 Å². The highest BCUT2D eigenvalue weighted by Crippen LogP contribution is 2.22. The van der Waals surface area contributed by atoms with Crippen LogP contribution in [-0.4, -0.2) is 37.0 Å². The van der Waals surface area contributed by atoms with Crippen molar-refractivity contribution in [3.05, 3.63) is 29.8 Å². The molecule has 1 aromatic carbocycles. The largest absolute Gasteiger partial charge is 0.368 e. The highest BCUT2D eigenvalue weighted by molar-refractivity contribution is 5.76. The van der Waals surface area contributed by atoms with Gasteiger partial charge in [0.1, 0.15) is 0 Å². The Hall–Kier alpha value is -1.51. The Morgan fingerprint density at radius 3 is 2.39 bits per heavy atom. The van der Waals surface area contributed by atoms with Gasteiger partial charge in [-0.25, -0.2) is 0 Å². The van der Waals surface area contributed by atoms with Crippen molar-refractivity contribution in [3.63, 3.8) is 0 Å². The molecule has 1 aliphatic rings. The summed E-state index contributed by atoms with van der Waals surface area (Å²) in [5.74, 6) is 0.276. The van der Waals surface area contributed by atoms with Gasteiger partial charge in [0.2, 0.25) is 5.91 Å². The molecule has 0 N–H and O–H groups in total. The van der Waals surface area contributed by atoms with Gasteiger partial charge in [-0.2, -0.15) is 0 Å². The molecule has 3 nitrogen and oxygen atoms in total. The van der Waals surface area contributed by atoms with Crippen molar-refractivity contribution in [2.75, 3.05) is 31.1 Å². The molecule has 0 unspecified atom stereocenters. The number of carbonyl (C=O) groups excluding carboxylic acids is 1. The van der Waals surface area contributed by atoms with Crippen LogP contribution in [0.3, 0.4) is 0 Å². The van der Waals surface area contributed by atoms with Crippen LogP contribution in [0.1, 0.15) is 25.8 Å². The number of anilines is 1. The van der Waals surface area contributed by atoms with E-state index in [9.17, 15) is 4.79 Å². The topological polar surface area (TPSA) is 23.6 Å². The zero-order valence-corrected chi connectivity index (χ0v) is 11.4. The number of amides is 1. The molecular formula is C15H22N2O. The SMILES string of the molecule is CCC(=O)N1CCN(c2ccccc2CC)CC1. The molecule has 98 valence electrons. The molecular weight excluding hydrogens is 224 g/mol. The lowest BCUT2D eigenvalue weighted by atomic mass is 10.1. The maximum absolute atomic E-state index is 11.6. The predicted octanol–water partition coefficient (Wildman–Crippen LogP) is 2.31. The number of para-hydroxylation sites is 1. The lowest BCUT2D eigenvalue weighted by Gasteiger charge is -2.37. The van der Waals surface area contributed by atoms with Crippen LogP contribution in [0.25, 0.3) is 0 Å². The molecule has 0 atom stereocenters. The van der Waals surface area contributed by atoms with Crippen LogP contribution >= 0.6 is 0 Å². The molecule has 3 heteroatoms. The molecule has 1 aliphatic heterocycles. The standard InChI is InChI=1S/C15H22N2O/c1-3-13-7-5-6-8-14(13)16-9-11-17(12-10-16)15(18)4-2/h5-8H,3-4,9-12H2,1-2H3. The number of aryl methyl sites for hydroxylation is 1. The molecule has 0 aromatic heterocycles. The van der Waals surface area contributed by atoms with Crippen LogP contribution in [0.2, 0.25) is 0 Å².